The number of hydrogen-bond acceptors (Lipinski definition) is 3. The minimum absolute atomic E-state index is 0.0617. The minimum Gasteiger partial charge on any atom is -0.379 e. The molecule has 2 atom stereocenters. The zero-order valence-electron chi connectivity index (χ0n) is 9.36. The fourth-order valence-corrected chi connectivity index (χ4v) is 2.13. The molecule has 1 aliphatic rings. The number of halogens is 1. The second-order valence-electron chi connectivity index (χ2n) is 4.11. The Morgan fingerprint density at radius 3 is 2.76 bits per heavy atom. The number of hydrogen-bond donors (Lipinski definition) is 2. The fourth-order valence-electron chi connectivity index (χ4n) is 1.75. The molecular weight excluding hydrogens is 284 g/mol. The standard InChI is InChI=1S/C12H15BrN2O2/c13-12(14,9-4-2-1-3-5-9)11(16)15-10-6-7-17-8-10/h1-5,10H,6-8,14H2,(H,15,16). The molecule has 1 fully saturated rings. The summed E-state index contributed by atoms with van der Waals surface area (Å²) < 4.78 is 4.02. The van der Waals surface area contributed by atoms with Gasteiger partial charge in [-0.1, -0.05) is 46.3 Å². The summed E-state index contributed by atoms with van der Waals surface area (Å²) in [7, 11) is 0. The van der Waals surface area contributed by atoms with Gasteiger partial charge in [0.2, 0.25) is 0 Å². The van der Waals surface area contributed by atoms with Crippen LogP contribution in [0.25, 0.3) is 0 Å². The Morgan fingerprint density at radius 1 is 1.47 bits per heavy atom. The van der Waals surface area contributed by atoms with Crippen molar-refractivity contribution in [2.24, 2.45) is 5.73 Å². The van der Waals surface area contributed by atoms with Crippen molar-refractivity contribution in [3.63, 3.8) is 0 Å². The third-order valence-corrected chi connectivity index (χ3v) is 3.61. The number of carbonyl (C=O) groups is 1. The predicted octanol–water partition coefficient (Wildman–Crippen LogP) is 1.10. The van der Waals surface area contributed by atoms with Crippen LogP contribution in [0, 0.1) is 0 Å². The quantitative estimate of drug-likeness (QED) is 0.649. The van der Waals surface area contributed by atoms with Gasteiger partial charge in [-0.2, -0.15) is 0 Å². The number of ether oxygens (including phenoxy) is 1. The maximum Gasteiger partial charge on any atom is 0.256 e. The molecule has 5 heteroatoms. The van der Waals surface area contributed by atoms with E-state index in [4.69, 9.17) is 10.5 Å². The summed E-state index contributed by atoms with van der Waals surface area (Å²) >= 11 is 3.29. The second-order valence-corrected chi connectivity index (χ2v) is 5.36. The number of amides is 1. The highest BCUT2D eigenvalue weighted by atomic mass is 79.9. The number of rotatable bonds is 3. The van der Waals surface area contributed by atoms with Crippen molar-refractivity contribution in [2.75, 3.05) is 13.2 Å². The van der Waals surface area contributed by atoms with E-state index in [1.165, 1.54) is 0 Å². The maximum absolute atomic E-state index is 12.1. The summed E-state index contributed by atoms with van der Waals surface area (Å²) in [5, 5.41) is 2.88. The molecule has 1 amide bonds. The Hall–Kier alpha value is -0.910. The van der Waals surface area contributed by atoms with E-state index in [1.54, 1.807) is 0 Å². The number of nitrogens with two attached hydrogens (primary N) is 1. The Labute approximate surface area is 109 Å². The van der Waals surface area contributed by atoms with Crippen LogP contribution in [-0.4, -0.2) is 25.2 Å². The molecule has 1 saturated heterocycles. The van der Waals surface area contributed by atoms with Crippen molar-refractivity contribution in [3.8, 4) is 0 Å². The number of alkyl halides is 1. The van der Waals surface area contributed by atoms with Gasteiger partial charge in [0.1, 0.15) is 0 Å². The van der Waals surface area contributed by atoms with E-state index in [0.29, 0.717) is 13.2 Å². The molecule has 4 nitrogen and oxygen atoms in total. The van der Waals surface area contributed by atoms with Gasteiger partial charge in [-0.25, -0.2) is 0 Å². The molecule has 1 heterocycles. The van der Waals surface area contributed by atoms with Gasteiger partial charge in [-0.05, 0) is 12.0 Å². The lowest BCUT2D eigenvalue weighted by atomic mass is 10.1. The second kappa shape index (κ2) is 5.16. The Balaban J connectivity index is 2.06. The molecule has 17 heavy (non-hydrogen) atoms. The minimum atomic E-state index is -1.18. The molecule has 0 aliphatic carbocycles. The van der Waals surface area contributed by atoms with E-state index in [9.17, 15) is 4.79 Å². The van der Waals surface area contributed by atoms with Gasteiger partial charge in [0.05, 0.1) is 12.6 Å². The molecule has 0 radical (unpaired) electrons. The van der Waals surface area contributed by atoms with E-state index in [1.807, 2.05) is 30.3 Å². The highest BCUT2D eigenvalue weighted by molar-refractivity contribution is 9.10. The summed E-state index contributed by atoms with van der Waals surface area (Å²) in [6.45, 7) is 1.25. The Morgan fingerprint density at radius 2 is 2.18 bits per heavy atom. The van der Waals surface area contributed by atoms with Gasteiger partial charge in [-0.3, -0.25) is 4.79 Å². The molecule has 3 N–H and O–H groups in total. The van der Waals surface area contributed by atoms with Crippen molar-refractivity contribution in [1.29, 1.82) is 0 Å². The Kier molecular flexibility index (Phi) is 3.81. The molecule has 1 aromatic carbocycles. The van der Waals surface area contributed by atoms with Crippen LogP contribution < -0.4 is 11.1 Å². The van der Waals surface area contributed by atoms with Crippen LogP contribution in [0.2, 0.25) is 0 Å². The average molecular weight is 299 g/mol. The summed E-state index contributed by atoms with van der Waals surface area (Å²) in [5.74, 6) is -0.237. The lowest BCUT2D eigenvalue weighted by molar-refractivity contribution is -0.124. The van der Waals surface area contributed by atoms with Crippen LogP contribution in [0.15, 0.2) is 30.3 Å². The van der Waals surface area contributed by atoms with Crippen molar-refractivity contribution in [3.05, 3.63) is 35.9 Å². The molecule has 2 unspecified atom stereocenters. The van der Waals surface area contributed by atoms with E-state index in [2.05, 4.69) is 21.2 Å². The molecule has 0 aromatic heterocycles. The zero-order valence-corrected chi connectivity index (χ0v) is 10.9. The van der Waals surface area contributed by atoms with Crippen LogP contribution in [-0.2, 0) is 14.0 Å². The first-order valence-electron chi connectivity index (χ1n) is 5.52. The zero-order chi connectivity index (χ0) is 12.3. The van der Waals surface area contributed by atoms with E-state index in [-0.39, 0.29) is 11.9 Å². The molecule has 2 rings (SSSR count). The van der Waals surface area contributed by atoms with Crippen LogP contribution in [0.1, 0.15) is 12.0 Å². The summed E-state index contributed by atoms with van der Waals surface area (Å²) in [5.41, 5.74) is 6.76. The molecule has 92 valence electrons. The van der Waals surface area contributed by atoms with E-state index in [0.717, 1.165) is 12.0 Å². The number of benzene rings is 1. The lowest BCUT2D eigenvalue weighted by Crippen LogP contribution is -2.50. The van der Waals surface area contributed by atoms with Crippen molar-refractivity contribution >= 4 is 21.8 Å². The van der Waals surface area contributed by atoms with Crippen LogP contribution in [0.4, 0.5) is 0 Å². The van der Waals surface area contributed by atoms with Crippen LogP contribution in [0.3, 0.4) is 0 Å². The van der Waals surface area contributed by atoms with Crippen molar-refractivity contribution in [1.82, 2.24) is 5.32 Å². The van der Waals surface area contributed by atoms with Crippen LogP contribution >= 0.6 is 15.9 Å². The van der Waals surface area contributed by atoms with Gasteiger partial charge < -0.3 is 15.8 Å². The van der Waals surface area contributed by atoms with E-state index >= 15 is 0 Å². The Bertz CT molecular complexity index is 389. The topological polar surface area (TPSA) is 64.4 Å². The van der Waals surface area contributed by atoms with Crippen LogP contribution in [0.5, 0.6) is 0 Å². The molecule has 0 saturated carbocycles. The van der Waals surface area contributed by atoms with E-state index < -0.39 is 4.45 Å². The number of carbonyl (C=O) groups excluding carboxylic acids is 1. The average Bonchev–Trinajstić information content (AvgIpc) is 2.83. The first kappa shape index (κ1) is 12.5. The molecule has 0 bridgehead atoms. The van der Waals surface area contributed by atoms with Gasteiger partial charge in [0.25, 0.3) is 5.91 Å². The predicted molar refractivity (Wildman–Crippen MR) is 68.6 cm³/mol. The summed E-state index contributed by atoms with van der Waals surface area (Å²) in [6.07, 6.45) is 0.837. The van der Waals surface area contributed by atoms with Gasteiger partial charge in [0.15, 0.2) is 4.45 Å². The largest absolute Gasteiger partial charge is 0.379 e. The van der Waals surface area contributed by atoms with Gasteiger partial charge in [0, 0.05) is 6.61 Å². The van der Waals surface area contributed by atoms with Gasteiger partial charge >= 0.3 is 0 Å². The highest BCUT2D eigenvalue weighted by Crippen LogP contribution is 2.25. The summed E-state index contributed by atoms with van der Waals surface area (Å²) in [6, 6.07) is 9.29. The number of nitrogens with one attached hydrogen (secondary N) is 1. The van der Waals surface area contributed by atoms with Gasteiger partial charge in [-0.15, -0.1) is 0 Å². The lowest BCUT2D eigenvalue weighted by Gasteiger charge is -2.23. The molecular formula is C12H15BrN2O2. The first-order chi connectivity index (χ1) is 8.10. The SMILES string of the molecule is NC(Br)(C(=O)NC1CCOC1)c1ccccc1. The molecule has 1 aliphatic heterocycles. The normalized spacial score (nSPS) is 23.1. The molecule has 1 aromatic rings. The third kappa shape index (κ3) is 2.86. The van der Waals surface area contributed by atoms with Crippen molar-refractivity contribution < 1.29 is 9.53 Å². The molecule has 0 spiro atoms. The maximum atomic E-state index is 12.1. The summed E-state index contributed by atoms with van der Waals surface area (Å²) in [4.78, 5) is 12.1. The smallest absolute Gasteiger partial charge is 0.256 e. The van der Waals surface area contributed by atoms with Crippen molar-refractivity contribution in [2.45, 2.75) is 16.9 Å². The highest BCUT2D eigenvalue weighted by Gasteiger charge is 2.34. The monoisotopic (exact) mass is 298 g/mol. The first-order valence-corrected chi connectivity index (χ1v) is 6.32. The third-order valence-electron chi connectivity index (χ3n) is 2.79. The fraction of sp³-hybridized carbons (Fsp3) is 0.417.